The Kier molecular flexibility index (Phi) is 8.60. The van der Waals surface area contributed by atoms with E-state index < -0.39 is 41.3 Å². The van der Waals surface area contributed by atoms with Gasteiger partial charge in [-0.2, -0.15) is 26.3 Å². The molecule has 0 unspecified atom stereocenters. The summed E-state index contributed by atoms with van der Waals surface area (Å²) in [6, 6.07) is 2.67. The normalized spacial score (nSPS) is 15.2. The zero-order chi connectivity index (χ0) is 30.1. The number of nitrogens with one attached hydrogen (secondary N) is 2. The first-order valence-corrected chi connectivity index (χ1v) is 13.4. The second-order valence-electron chi connectivity index (χ2n) is 8.49. The number of thioether (sulfide) groups is 1. The number of halogens is 6. The Morgan fingerprint density at radius 1 is 1.07 bits per heavy atom. The van der Waals surface area contributed by atoms with Gasteiger partial charge in [-0.25, -0.2) is 4.98 Å². The van der Waals surface area contributed by atoms with Crippen molar-refractivity contribution in [1.82, 2.24) is 14.9 Å². The molecular formula is C24H16F6N4O4S3. The number of carboxylic acid groups (broad SMARTS) is 1. The van der Waals surface area contributed by atoms with Gasteiger partial charge in [-0.1, -0.05) is 24.0 Å². The number of aromatic nitrogens is 2. The topological polar surface area (TPSA) is 115 Å². The molecule has 1 saturated heterocycles. The predicted molar refractivity (Wildman–Crippen MR) is 143 cm³/mol. The molecule has 3 aromatic rings. The van der Waals surface area contributed by atoms with Crippen LogP contribution >= 0.6 is 35.3 Å². The number of carbonyl (C=O) groups excluding carboxylic acids is 2. The highest BCUT2D eigenvalue weighted by Crippen LogP contribution is 2.40. The quantitative estimate of drug-likeness (QED) is 0.157. The van der Waals surface area contributed by atoms with Crippen LogP contribution in [-0.2, 0) is 33.2 Å². The lowest BCUT2D eigenvalue weighted by Gasteiger charge is -2.13. The summed E-state index contributed by atoms with van der Waals surface area (Å²) in [6.45, 7) is -0.0866. The Morgan fingerprint density at radius 3 is 2.34 bits per heavy atom. The molecule has 0 radical (unpaired) electrons. The van der Waals surface area contributed by atoms with E-state index in [0.717, 1.165) is 23.1 Å². The summed E-state index contributed by atoms with van der Waals surface area (Å²) in [4.78, 5) is 44.1. The van der Waals surface area contributed by atoms with Crippen LogP contribution in [0.3, 0.4) is 0 Å². The maximum atomic E-state index is 13.2. The van der Waals surface area contributed by atoms with E-state index >= 15 is 0 Å². The lowest BCUT2D eigenvalue weighted by atomic mass is 10.0. The molecule has 8 nitrogen and oxygen atoms in total. The molecule has 2 aromatic heterocycles. The monoisotopic (exact) mass is 634 g/mol. The average molecular weight is 635 g/mol. The van der Waals surface area contributed by atoms with Gasteiger partial charge in [0.05, 0.1) is 28.6 Å². The third-order valence-corrected chi connectivity index (χ3v) is 7.74. The summed E-state index contributed by atoms with van der Waals surface area (Å²) in [5.74, 6) is -2.10. The van der Waals surface area contributed by atoms with Crippen molar-refractivity contribution in [2.24, 2.45) is 0 Å². The van der Waals surface area contributed by atoms with Crippen molar-refractivity contribution < 1.29 is 45.8 Å². The molecule has 17 heteroatoms. The van der Waals surface area contributed by atoms with Gasteiger partial charge in [0, 0.05) is 23.5 Å². The standard InChI is InChI=1S/C24H16F6N4O4S3/c25-23(26,27)13-3-11(4-14(6-13)24(28,29)30)12-5-16(40-10-12)8-17-20(38)34(22(39)41-17)2-1-18(35)33-21-31-9-15(32-21)7-19(36)37/h3-6,8-10H,1-2,7H2,(H,36,37)(H2,31,32,33,35)/b17-8-. The molecule has 41 heavy (non-hydrogen) atoms. The van der Waals surface area contributed by atoms with Crippen LogP contribution in [0.25, 0.3) is 17.2 Å². The van der Waals surface area contributed by atoms with Crippen LogP contribution in [0.5, 0.6) is 0 Å². The summed E-state index contributed by atoms with van der Waals surface area (Å²) in [5, 5.41) is 12.6. The first-order chi connectivity index (χ1) is 19.1. The Bertz CT molecular complexity index is 1530. The molecule has 0 bridgehead atoms. The van der Waals surface area contributed by atoms with Crippen molar-refractivity contribution >= 4 is 69.4 Å². The third-order valence-electron chi connectivity index (χ3n) is 5.48. The van der Waals surface area contributed by atoms with Crippen molar-refractivity contribution in [3.05, 3.63) is 62.4 Å². The van der Waals surface area contributed by atoms with Crippen molar-refractivity contribution in [3.63, 3.8) is 0 Å². The molecular weight excluding hydrogens is 618 g/mol. The number of anilines is 1. The van der Waals surface area contributed by atoms with Crippen LogP contribution in [0.4, 0.5) is 32.3 Å². The van der Waals surface area contributed by atoms with E-state index in [0.29, 0.717) is 17.0 Å². The van der Waals surface area contributed by atoms with Gasteiger partial charge in [0.25, 0.3) is 5.91 Å². The number of carboxylic acids is 1. The fraction of sp³-hybridized carbons (Fsp3) is 0.208. The summed E-state index contributed by atoms with van der Waals surface area (Å²) in [5.41, 5.74) is -2.77. The molecule has 1 aliphatic heterocycles. The largest absolute Gasteiger partial charge is 0.481 e. The SMILES string of the molecule is O=C(O)Cc1cnc(NC(=O)CCN2C(=O)/C(=C/c3cc(-c4cc(C(F)(F)F)cc(C(F)(F)F)c4)cs3)SC2=S)[nH]1. The maximum absolute atomic E-state index is 13.2. The van der Waals surface area contributed by atoms with Gasteiger partial charge in [0.2, 0.25) is 11.9 Å². The minimum absolute atomic E-state index is 0.0353. The Hall–Kier alpha value is -3.70. The Balaban J connectivity index is 1.44. The molecule has 0 aliphatic carbocycles. The van der Waals surface area contributed by atoms with Crippen LogP contribution in [0, 0.1) is 0 Å². The fourth-order valence-electron chi connectivity index (χ4n) is 3.61. The number of aliphatic carboxylic acids is 1. The minimum atomic E-state index is -4.99. The van der Waals surface area contributed by atoms with E-state index in [2.05, 4.69) is 15.3 Å². The molecule has 0 spiro atoms. The fourth-order valence-corrected chi connectivity index (χ4v) is 5.83. The van der Waals surface area contributed by atoms with E-state index in [-0.39, 0.29) is 57.4 Å². The number of rotatable bonds is 8. The molecule has 2 amide bonds. The number of hydrogen-bond acceptors (Lipinski definition) is 7. The highest BCUT2D eigenvalue weighted by Gasteiger charge is 2.37. The number of aromatic amines is 1. The van der Waals surface area contributed by atoms with Crippen LogP contribution in [0.1, 0.15) is 28.1 Å². The number of benzene rings is 1. The highest BCUT2D eigenvalue weighted by atomic mass is 32.2. The smallest absolute Gasteiger partial charge is 0.416 e. The van der Waals surface area contributed by atoms with Crippen molar-refractivity contribution in [3.8, 4) is 11.1 Å². The third kappa shape index (κ3) is 7.53. The molecule has 3 heterocycles. The number of thiophene rings is 1. The lowest BCUT2D eigenvalue weighted by Crippen LogP contribution is -2.31. The van der Waals surface area contributed by atoms with Crippen LogP contribution < -0.4 is 5.32 Å². The maximum Gasteiger partial charge on any atom is 0.416 e. The van der Waals surface area contributed by atoms with Crippen LogP contribution in [-0.4, -0.2) is 48.6 Å². The van der Waals surface area contributed by atoms with Crippen LogP contribution in [0.15, 0.2) is 40.7 Å². The van der Waals surface area contributed by atoms with E-state index in [1.165, 1.54) is 28.6 Å². The zero-order valence-electron chi connectivity index (χ0n) is 20.2. The number of carbonyl (C=O) groups is 3. The van der Waals surface area contributed by atoms with Gasteiger partial charge in [-0.05, 0) is 46.8 Å². The Morgan fingerprint density at radius 2 is 1.73 bits per heavy atom. The summed E-state index contributed by atoms with van der Waals surface area (Å²) in [6.07, 6.45) is -7.78. The summed E-state index contributed by atoms with van der Waals surface area (Å²) >= 11 is 7.17. The van der Waals surface area contributed by atoms with Gasteiger partial charge in [-0.3, -0.25) is 24.6 Å². The molecule has 0 atom stereocenters. The number of imidazole rings is 1. The summed E-state index contributed by atoms with van der Waals surface area (Å²) < 4.78 is 79.5. The minimum Gasteiger partial charge on any atom is -0.481 e. The first-order valence-electron chi connectivity index (χ1n) is 11.3. The summed E-state index contributed by atoms with van der Waals surface area (Å²) in [7, 11) is 0. The van der Waals surface area contributed by atoms with E-state index in [1.807, 2.05) is 0 Å². The molecule has 1 aliphatic rings. The van der Waals surface area contributed by atoms with Crippen molar-refractivity contribution in [1.29, 1.82) is 0 Å². The van der Waals surface area contributed by atoms with Gasteiger partial charge < -0.3 is 10.1 Å². The second-order valence-corrected chi connectivity index (χ2v) is 11.1. The van der Waals surface area contributed by atoms with Crippen molar-refractivity contribution in [2.45, 2.75) is 25.2 Å². The number of amides is 2. The average Bonchev–Trinajstić information content (AvgIpc) is 3.57. The molecule has 1 fully saturated rings. The van der Waals surface area contributed by atoms with Gasteiger partial charge in [0.1, 0.15) is 4.32 Å². The molecule has 216 valence electrons. The van der Waals surface area contributed by atoms with Crippen molar-refractivity contribution in [2.75, 3.05) is 11.9 Å². The number of hydrogen-bond donors (Lipinski definition) is 3. The molecule has 0 saturated carbocycles. The Labute approximate surface area is 240 Å². The first kappa shape index (κ1) is 30.3. The zero-order valence-corrected chi connectivity index (χ0v) is 22.7. The molecule has 4 rings (SSSR count). The number of H-pyrrole nitrogens is 1. The van der Waals surface area contributed by atoms with Gasteiger partial charge >= 0.3 is 18.3 Å². The van der Waals surface area contributed by atoms with E-state index in [9.17, 15) is 40.7 Å². The van der Waals surface area contributed by atoms with Crippen LogP contribution in [0.2, 0.25) is 0 Å². The lowest BCUT2D eigenvalue weighted by molar-refractivity contribution is -0.143. The predicted octanol–water partition coefficient (Wildman–Crippen LogP) is 6.03. The number of thiocarbonyl (C=S) groups is 1. The highest BCUT2D eigenvalue weighted by molar-refractivity contribution is 8.26. The van der Waals surface area contributed by atoms with Gasteiger partial charge in [-0.15, -0.1) is 11.3 Å². The number of nitrogens with zero attached hydrogens (tertiary/aromatic N) is 2. The number of alkyl halides is 6. The second kappa shape index (κ2) is 11.7. The molecule has 1 aromatic carbocycles. The molecule has 3 N–H and O–H groups in total. The van der Waals surface area contributed by atoms with E-state index in [4.69, 9.17) is 17.3 Å². The van der Waals surface area contributed by atoms with Gasteiger partial charge in [0.15, 0.2) is 0 Å². The van der Waals surface area contributed by atoms with E-state index in [1.54, 1.807) is 0 Å².